The molecule has 0 spiro atoms. The van der Waals surface area contributed by atoms with Crippen molar-refractivity contribution in [1.82, 2.24) is 9.97 Å². The summed E-state index contributed by atoms with van der Waals surface area (Å²) in [6.07, 6.45) is 3.14. The summed E-state index contributed by atoms with van der Waals surface area (Å²) in [5, 5.41) is 4.04. The summed E-state index contributed by atoms with van der Waals surface area (Å²) in [7, 11) is 1.83. The summed E-state index contributed by atoms with van der Waals surface area (Å²) in [6.45, 7) is 4.54. The van der Waals surface area contributed by atoms with Gasteiger partial charge in [-0.25, -0.2) is 4.98 Å². The number of nitrogens with zero attached hydrogens (tertiary/aromatic N) is 2. The van der Waals surface area contributed by atoms with Crippen molar-refractivity contribution in [3.8, 4) is 5.88 Å². The van der Waals surface area contributed by atoms with Crippen molar-refractivity contribution in [3.63, 3.8) is 0 Å². The molecule has 21 heavy (non-hydrogen) atoms. The van der Waals surface area contributed by atoms with Crippen molar-refractivity contribution < 1.29 is 9.47 Å². The zero-order valence-electron chi connectivity index (χ0n) is 12.5. The van der Waals surface area contributed by atoms with Gasteiger partial charge in [0, 0.05) is 25.1 Å². The molecule has 2 aromatic heterocycles. The molecule has 1 N–H and O–H groups in total. The van der Waals surface area contributed by atoms with Crippen LogP contribution in [0.5, 0.6) is 5.88 Å². The monoisotopic (exact) mass is 307 g/mol. The fourth-order valence-corrected chi connectivity index (χ4v) is 3.41. The van der Waals surface area contributed by atoms with Gasteiger partial charge >= 0.3 is 0 Å². The summed E-state index contributed by atoms with van der Waals surface area (Å²) >= 11 is 1.71. The minimum absolute atomic E-state index is 0.561. The molecule has 0 unspecified atom stereocenters. The van der Waals surface area contributed by atoms with E-state index in [0.717, 1.165) is 42.7 Å². The van der Waals surface area contributed by atoms with Crippen molar-refractivity contribution in [1.29, 1.82) is 0 Å². The van der Waals surface area contributed by atoms with Crippen LogP contribution in [-0.2, 0) is 11.2 Å². The van der Waals surface area contributed by atoms with Gasteiger partial charge in [-0.3, -0.25) is 0 Å². The molecule has 1 aliphatic heterocycles. The van der Waals surface area contributed by atoms with Crippen LogP contribution < -0.4 is 10.1 Å². The first-order valence-corrected chi connectivity index (χ1v) is 8.30. The third-order valence-corrected chi connectivity index (χ3v) is 4.95. The van der Waals surface area contributed by atoms with Crippen LogP contribution in [0.4, 0.5) is 5.95 Å². The van der Waals surface area contributed by atoms with Crippen molar-refractivity contribution in [2.24, 2.45) is 5.92 Å². The summed E-state index contributed by atoms with van der Waals surface area (Å²) in [4.78, 5) is 11.3. The van der Waals surface area contributed by atoms with E-state index >= 15 is 0 Å². The lowest BCUT2D eigenvalue weighted by molar-refractivity contribution is 0.0493. The number of ether oxygens (including phenoxy) is 2. The van der Waals surface area contributed by atoms with Crippen molar-refractivity contribution >= 4 is 27.5 Å². The van der Waals surface area contributed by atoms with E-state index in [2.05, 4.69) is 28.3 Å². The Balaban J connectivity index is 1.82. The van der Waals surface area contributed by atoms with E-state index in [9.17, 15) is 0 Å². The molecule has 0 saturated carbocycles. The van der Waals surface area contributed by atoms with Crippen LogP contribution in [0.2, 0.25) is 0 Å². The van der Waals surface area contributed by atoms with E-state index in [4.69, 9.17) is 9.47 Å². The Morgan fingerprint density at radius 1 is 1.38 bits per heavy atom. The lowest BCUT2D eigenvalue weighted by Crippen LogP contribution is -2.21. The van der Waals surface area contributed by atoms with Gasteiger partial charge in [-0.05, 0) is 31.2 Å². The second kappa shape index (κ2) is 6.58. The average molecular weight is 307 g/mol. The van der Waals surface area contributed by atoms with Gasteiger partial charge in [-0.15, -0.1) is 11.3 Å². The number of hydrogen-bond donors (Lipinski definition) is 1. The summed E-state index contributed by atoms with van der Waals surface area (Å²) in [5.41, 5.74) is 0. The molecule has 1 fully saturated rings. The van der Waals surface area contributed by atoms with Gasteiger partial charge in [0.2, 0.25) is 11.8 Å². The Morgan fingerprint density at radius 3 is 2.90 bits per heavy atom. The van der Waals surface area contributed by atoms with Gasteiger partial charge in [0.25, 0.3) is 0 Å². The molecular formula is C15H21N3O2S. The highest BCUT2D eigenvalue weighted by Crippen LogP contribution is 2.32. The van der Waals surface area contributed by atoms with Gasteiger partial charge in [0.15, 0.2) is 0 Å². The molecule has 6 heteroatoms. The van der Waals surface area contributed by atoms with Crippen LogP contribution >= 0.6 is 11.3 Å². The molecule has 1 saturated heterocycles. The smallest absolute Gasteiger partial charge is 0.227 e. The van der Waals surface area contributed by atoms with E-state index in [0.29, 0.717) is 24.4 Å². The van der Waals surface area contributed by atoms with Crippen molar-refractivity contribution in [3.05, 3.63) is 10.9 Å². The molecule has 0 aliphatic carbocycles. The lowest BCUT2D eigenvalue weighted by atomic mass is 10.0. The van der Waals surface area contributed by atoms with E-state index in [1.165, 1.54) is 4.88 Å². The highest BCUT2D eigenvalue weighted by atomic mass is 32.1. The largest absolute Gasteiger partial charge is 0.477 e. The molecule has 2 aromatic rings. The molecule has 0 atom stereocenters. The van der Waals surface area contributed by atoms with Crippen LogP contribution in [-0.4, -0.2) is 36.8 Å². The number of fused-ring (bicyclic) bond motifs is 1. The first kappa shape index (κ1) is 14.5. The SMILES string of the molecule is CCc1cc2c(OCC3CCOCC3)nc(NC)nc2s1. The highest BCUT2D eigenvalue weighted by molar-refractivity contribution is 7.18. The number of anilines is 1. The maximum Gasteiger partial charge on any atom is 0.227 e. The van der Waals surface area contributed by atoms with Crippen LogP contribution in [0, 0.1) is 5.92 Å². The molecule has 0 bridgehead atoms. The number of rotatable bonds is 5. The van der Waals surface area contributed by atoms with E-state index in [-0.39, 0.29) is 0 Å². The molecule has 1 aliphatic rings. The van der Waals surface area contributed by atoms with Gasteiger partial charge in [-0.1, -0.05) is 6.92 Å². The van der Waals surface area contributed by atoms with Gasteiger partial charge < -0.3 is 14.8 Å². The predicted octanol–water partition coefficient (Wildman–Crippen LogP) is 3.10. The van der Waals surface area contributed by atoms with Gasteiger partial charge in [0.1, 0.15) is 4.83 Å². The molecule has 3 heterocycles. The first-order valence-electron chi connectivity index (χ1n) is 7.49. The number of nitrogens with one attached hydrogen (secondary N) is 1. The fourth-order valence-electron chi connectivity index (χ4n) is 2.45. The standard InChI is InChI=1S/C15H21N3O2S/c1-3-11-8-12-13(17-15(16-2)18-14(12)21-11)20-9-10-4-6-19-7-5-10/h8,10H,3-7,9H2,1-2H3,(H,16,17,18). The lowest BCUT2D eigenvalue weighted by Gasteiger charge is -2.21. The minimum atomic E-state index is 0.561. The van der Waals surface area contributed by atoms with E-state index < -0.39 is 0 Å². The predicted molar refractivity (Wildman–Crippen MR) is 85.4 cm³/mol. The van der Waals surface area contributed by atoms with Gasteiger partial charge in [-0.2, -0.15) is 4.98 Å². The Hall–Kier alpha value is -1.40. The maximum absolute atomic E-state index is 6.02. The minimum Gasteiger partial charge on any atom is -0.477 e. The number of aromatic nitrogens is 2. The molecule has 0 amide bonds. The second-order valence-corrected chi connectivity index (χ2v) is 6.37. The second-order valence-electron chi connectivity index (χ2n) is 5.25. The highest BCUT2D eigenvalue weighted by Gasteiger charge is 2.17. The molecular weight excluding hydrogens is 286 g/mol. The van der Waals surface area contributed by atoms with E-state index in [1.54, 1.807) is 11.3 Å². The molecule has 114 valence electrons. The third kappa shape index (κ3) is 3.27. The zero-order valence-corrected chi connectivity index (χ0v) is 13.3. The van der Waals surface area contributed by atoms with Crippen molar-refractivity contribution in [2.45, 2.75) is 26.2 Å². The third-order valence-electron chi connectivity index (χ3n) is 3.78. The number of aryl methyl sites for hydroxylation is 1. The number of thiophene rings is 1. The Labute approximate surface area is 128 Å². The van der Waals surface area contributed by atoms with Crippen LogP contribution in [0.3, 0.4) is 0 Å². The zero-order chi connectivity index (χ0) is 14.7. The maximum atomic E-state index is 6.02. The summed E-state index contributed by atoms with van der Waals surface area (Å²) in [5.74, 6) is 1.88. The molecule has 5 nitrogen and oxygen atoms in total. The summed E-state index contributed by atoms with van der Waals surface area (Å²) in [6, 6.07) is 2.15. The van der Waals surface area contributed by atoms with Crippen LogP contribution in [0.15, 0.2) is 6.07 Å². The quantitative estimate of drug-likeness (QED) is 0.920. The average Bonchev–Trinajstić information content (AvgIpc) is 2.96. The Kier molecular flexibility index (Phi) is 4.55. The van der Waals surface area contributed by atoms with Crippen LogP contribution in [0.1, 0.15) is 24.6 Å². The Morgan fingerprint density at radius 2 is 2.19 bits per heavy atom. The van der Waals surface area contributed by atoms with Crippen molar-refractivity contribution in [2.75, 3.05) is 32.2 Å². The van der Waals surface area contributed by atoms with E-state index in [1.807, 2.05) is 7.05 Å². The first-order chi connectivity index (χ1) is 10.3. The Bertz CT molecular complexity index is 608. The van der Waals surface area contributed by atoms with Gasteiger partial charge in [0.05, 0.1) is 12.0 Å². The molecule has 0 aromatic carbocycles. The fraction of sp³-hybridized carbons (Fsp3) is 0.600. The molecule has 3 rings (SSSR count). The number of hydrogen-bond acceptors (Lipinski definition) is 6. The topological polar surface area (TPSA) is 56.3 Å². The normalized spacial score (nSPS) is 16.3. The van der Waals surface area contributed by atoms with Crippen LogP contribution in [0.25, 0.3) is 10.2 Å². The summed E-state index contributed by atoms with van der Waals surface area (Å²) < 4.78 is 11.4. The molecule has 0 radical (unpaired) electrons.